The van der Waals surface area contributed by atoms with Crippen molar-refractivity contribution in [3.63, 3.8) is 0 Å². The summed E-state index contributed by atoms with van der Waals surface area (Å²) in [5, 5.41) is 8.97. The first-order valence-corrected chi connectivity index (χ1v) is 8.60. The molecule has 0 heterocycles. The third-order valence-corrected chi connectivity index (χ3v) is 3.68. The van der Waals surface area contributed by atoms with E-state index in [4.69, 9.17) is 4.74 Å². The Balaban J connectivity index is 0.00000364. The lowest BCUT2D eigenvalue weighted by molar-refractivity contribution is -0.115. The minimum atomic E-state index is -0.136. The van der Waals surface area contributed by atoms with Crippen LogP contribution in [0.2, 0.25) is 0 Å². The number of carbonyl (C=O) groups is 1. The Bertz CT molecular complexity index is 738. The zero-order valence-electron chi connectivity index (χ0n) is 15.9. The number of hydrogen-bond acceptors (Lipinski definition) is 3. The average molecular weight is 482 g/mol. The first-order valence-electron chi connectivity index (χ1n) is 8.60. The van der Waals surface area contributed by atoms with Gasteiger partial charge in [0.05, 0.1) is 13.1 Å². The van der Waals surface area contributed by atoms with E-state index in [1.807, 2.05) is 68.4 Å². The standard InChI is InChI=1S/C20H26N4O2.HI/c1-15-9-7-8-12-18(15)26-16(2)13-22-20(21-3)23-14-19(25)24-17-10-5-4-6-11-17;/h4-12,16H,13-14H2,1-3H3,(H,24,25)(H2,21,22,23);1H. The van der Waals surface area contributed by atoms with Gasteiger partial charge in [-0.2, -0.15) is 0 Å². The van der Waals surface area contributed by atoms with E-state index in [9.17, 15) is 4.79 Å². The van der Waals surface area contributed by atoms with Gasteiger partial charge >= 0.3 is 0 Å². The van der Waals surface area contributed by atoms with Crippen molar-refractivity contribution in [3.8, 4) is 5.75 Å². The molecule has 0 radical (unpaired) electrons. The second-order valence-electron chi connectivity index (χ2n) is 5.91. The highest BCUT2D eigenvalue weighted by atomic mass is 127. The molecule has 0 spiro atoms. The van der Waals surface area contributed by atoms with Crippen LogP contribution in [0, 0.1) is 6.92 Å². The molecule has 27 heavy (non-hydrogen) atoms. The van der Waals surface area contributed by atoms with Gasteiger partial charge in [-0.05, 0) is 37.6 Å². The second-order valence-corrected chi connectivity index (χ2v) is 5.91. The van der Waals surface area contributed by atoms with Crippen LogP contribution < -0.4 is 20.7 Å². The zero-order chi connectivity index (χ0) is 18.8. The minimum Gasteiger partial charge on any atom is -0.489 e. The molecule has 0 fully saturated rings. The normalized spacial score (nSPS) is 11.7. The fraction of sp³-hybridized carbons (Fsp3) is 0.300. The Labute approximate surface area is 177 Å². The maximum Gasteiger partial charge on any atom is 0.243 e. The minimum absolute atomic E-state index is 0. The molecule has 1 unspecified atom stereocenters. The molecule has 0 aliphatic carbocycles. The molecule has 7 heteroatoms. The van der Waals surface area contributed by atoms with Gasteiger partial charge in [0.1, 0.15) is 11.9 Å². The molecule has 0 aromatic heterocycles. The van der Waals surface area contributed by atoms with Crippen molar-refractivity contribution in [1.29, 1.82) is 0 Å². The Hall–Kier alpha value is -2.29. The van der Waals surface area contributed by atoms with Crippen LogP contribution in [0.15, 0.2) is 59.6 Å². The molecule has 0 aliphatic heterocycles. The number of benzene rings is 2. The smallest absolute Gasteiger partial charge is 0.243 e. The number of halogens is 1. The van der Waals surface area contributed by atoms with Gasteiger partial charge in [-0.15, -0.1) is 24.0 Å². The first kappa shape index (κ1) is 22.8. The molecule has 0 saturated heterocycles. The maximum absolute atomic E-state index is 12.0. The number of carbonyl (C=O) groups excluding carboxylic acids is 1. The molecule has 1 amide bonds. The van der Waals surface area contributed by atoms with Gasteiger partial charge in [0.25, 0.3) is 0 Å². The van der Waals surface area contributed by atoms with Crippen LogP contribution in [-0.2, 0) is 4.79 Å². The van der Waals surface area contributed by atoms with Gasteiger partial charge in [0.2, 0.25) is 5.91 Å². The SMILES string of the molecule is CN=C(NCC(=O)Nc1ccccc1)NCC(C)Oc1ccccc1C.I. The van der Waals surface area contributed by atoms with E-state index in [1.165, 1.54) is 0 Å². The van der Waals surface area contributed by atoms with Crippen LogP contribution in [0.1, 0.15) is 12.5 Å². The highest BCUT2D eigenvalue weighted by Crippen LogP contribution is 2.17. The van der Waals surface area contributed by atoms with Crippen LogP contribution >= 0.6 is 24.0 Å². The van der Waals surface area contributed by atoms with Crippen molar-refractivity contribution < 1.29 is 9.53 Å². The van der Waals surface area contributed by atoms with E-state index in [0.29, 0.717) is 12.5 Å². The van der Waals surface area contributed by atoms with Crippen LogP contribution in [-0.4, -0.2) is 38.1 Å². The number of amides is 1. The van der Waals surface area contributed by atoms with Gasteiger partial charge in [-0.3, -0.25) is 9.79 Å². The Kier molecular flexibility index (Phi) is 10.2. The molecule has 0 saturated carbocycles. The van der Waals surface area contributed by atoms with Gasteiger partial charge in [0, 0.05) is 12.7 Å². The number of rotatable bonds is 7. The predicted octanol–water partition coefficient (Wildman–Crippen LogP) is 3.18. The number of nitrogens with zero attached hydrogens (tertiary/aromatic N) is 1. The van der Waals surface area contributed by atoms with E-state index >= 15 is 0 Å². The van der Waals surface area contributed by atoms with Crippen molar-refractivity contribution in [3.05, 3.63) is 60.2 Å². The Morgan fingerprint density at radius 2 is 1.74 bits per heavy atom. The fourth-order valence-corrected chi connectivity index (χ4v) is 2.30. The lowest BCUT2D eigenvalue weighted by Crippen LogP contribution is -2.44. The number of para-hydroxylation sites is 2. The molecule has 0 aliphatic rings. The van der Waals surface area contributed by atoms with Crippen molar-refractivity contribution in [2.45, 2.75) is 20.0 Å². The van der Waals surface area contributed by atoms with Crippen molar-refractivity contribution in [2.24, 2.45) is 4.99 Å². The highest BCUT2D eigenvalue weighted by Gasteiger charge is 2.08. The summed E-state index contributed by atoms with van der Waals surface area (Å²) in [4.78, 5) is 16.1. The molecule has 2 aromatic carbocycles. The van der Waals surface area contributed by atoms with E-state index in [-0.39, 0.29) is 42.5 Å². The third-order valence-electron chi connectivity index (χ3n) is 3.68. The van der Waals surface area contributed by atoms with Crippen LogP contribution in [0.5, 0.6) is 5.75 Å². The summed E-state index contributed by atoms with van der Waals surface area (Å²) >= 11 is 0. The second kappa shape index (κ2) is 12.2. The molecule has 0 bridgehead atoms. The third kappa shape index (κ3) is 8.29. The summed E-state index contributed by atoms with van der Waals surface area (Å²) in [7, 11) is 1.66. The van der Waals surface area contributed by atoms with E-state index in [1.54, 1.807) is 7.05 Å². The average Bonchev–Trinajstić information content (AvgIpc) is 2.64. The van der Waals surface area contributed by atoms with Crippen LogP contribution in [0.25, 0.3) is 0 Å². The molecule has 1 atom stereocenters. The number of hydrogen-bond donors (Lipinski definition) is 3. The highest BCUT2D eigenvalue weighted by molar-refractivity contribution is 14.0. The number of aryl methyl sites for hydroxylation is 1. The maximum atomic E-state index is 12.0. The Morgan fingerprint density at radius 3 is 2.41 bits per heavy atom. The number of ether oxygens (including phenoxy) is 1. The monoisotopic (exact) mass is 482 g/mol. The van der Waals surface area contributed by atoms with Crippen molar-refractivity contribution in [2.75, 3.05) is 25.5 Å². The number of nitrogens with one attached hydrogen (secondary N) is 3. The lowest BCUT2D eigenvalue weighted by atomic mass is 10.2. The summed E-state index contributed by atoms with van der Waals surface area (Å²) in [6.07, 6.45) is -0.0483. The van der Waals surface area contributed by atoms with Gasteiger partial charge in [-0.1, -0.05) is 36.4 Å². The van der Waals surface area contributed by atoms with E-state index in [2.05, 4.69) is 20.9 Å². The summed E-state index contributed by atoms with van der Waals surface area (Å²) in [6.45, 7) is 4.69. The molecule has 146 valence electrons. The largest absolute Gasteiger partial charge is 0.489 e. The van der Waals surface area contributed by atoms with Gasteiger partial charge in [0.15, 0.2) is 5.96 Å². The van der Waals surface area contributed by atoms with Crippen molar-refractivity contribution >= 4 is 41.5 Å². The summed E-state index contributed by atoms with van der Waals surface area (Å²) < 4.78 is 5.92. The molecular formula is C20H27IN4O2. The number of aliphatic imine (C=N–C) groups is 1. The molecule has 2 aromatic rings. The quantitative estimate of drug-likeness (QED) is 0.322. The fourth-order valence-electron chi connectivity index (χ4n) is 2.30. The molecule has 2 rings (SSSR count). The van der Waals surface area contributed by atoms with Crippen LogP contribution in [0.4, 0.5) is 5.69 Å². The van der Waals surface area contributed by atoms with E-state index in [0.717, 1.165) is 17.0 Å². The Morgan fingerprint density at radius 1 is 1.07 bits per heavy atom. The summed E-state index contributed by atoms with van der Waals surface area (Å²) in [5.41, 5.74) is 1.86. The molecule has 3 N–H and O–H groups in total. The summed E-state index contributed by atoms with van der Waals surface area (Å²) in [5.74, 6) is 1.28. The van der Waals surface area contributed by atoms with Crippen molar-refractivity contribution in [1.82, 2.24) is 10.6 Å². The number of guanidine groups is 1. The van der Waals surface area contributed by atoms with Crippen LogP contribution in [0.3, 0.4) is 0 Å². The summed E-state index contributed by atoms with van der Waals surface area (Å²) in [6, 6.07) is 17.2. The predicted molar refractivity (Wildman–Crippen MR) is 121 cm³/mol. The van der Waals surface area contributed by atoms with Gasteiger partial charge in [-0.25, -0.2) is 0 Å². The molecule has 6 nitrogen and oxygen atoms in total. The zero-order valence-corrected chi connectivity index (χ0v) is 18.2. The number of anilines is 1. The molecular weight excluding hydrogens is 455 g/mol. The lowest BCUT2D eigenvalue weighted by Gasteiger charge is -2.18. The van der Waals surface area contributed by atoms with E-state index < -0.39 is 0 Å². The first-order chi connectivity index (χ1) is 12.6. The van der Waals surface area contributed by atoms with Gasteiger partial charge < -0.3 is 20.7 Å². The topological polar surface area (TPSA) is 74.8 Å².